The van der Waals surface area contributed by atoms with Crippen molar-refractivity contribution in [1.82, 2.24) is 0 Å². The fourth-order valence-electron chi connectivity index (χ4n) is 4.88. The summed E-state index contributed by atoms with van der Waals surface area (Å²) in [5.74, 6) is 1.83. The summed E-state index contributed by atoms with van der Waals surface area (Å²) in [6, 6.07) is 12.9. The predicted octanol–water partition coefficient (Wildman–Crippen LogP) is 5.95. The fraction of sp³-hybridized carbons (Fsp3) is 0.346. The Morgan fingerprint density at radius 2 is 1.68 bits per heavy atom. The van der Waals surface area contributed by atoms with E-state index >= 15 is 0 Å². The zero-order chi connectivity index (χ0) is 19.5. The number of hydrogen-bond donors (Lipinski definition) is 0. The number of carbonyl (C=O) groups excluding carboxylic acids is 1. The Hall–Kier alpha value is -2.61. The van der Waals surface area contributed by atoms with Crippen molar-refractivity contribution in [3.8, 4) is 5.75 Å². The van der Waals surface area contributed by atoms with Gasteiger partial charge in [-0.1, -0.05) is 49.7 Å². The van der Waals surface area contributed by atoms with Gasteiger partial charge in [-0.05, 0) is 66.9 Å². The Balaban J connectivity index is 1.85. The standard InChI is InChI=1S/C26H26O2/c1-16-8-10-18(11-9-16)23-24-19-7-5-4-6-17(19)12-13-21(24)28-22-15-26(2,3)14-20(27)25(22)23/h8-13,15H,4-7,14H2,1-3H3. The van der Waals surface area contributed by atoms with Crippen LogP contribution in [0.3, 0.4) is 0 Å². The van der Waals surface area contributed by atoms with Gasteiger partial charge in [0.2, 0.25) is 0 Å². The molecule has 0 radical (unpaired) electrons. The molecular formula is C26H26O2. The van der Waals surface area contributed by atoms with E-state index in [1.165, 1.54) is 29.5 Å². The first kappa shape index (κ1) is 17.5. The highest BCUT2D eigenvalue weighted by molar-refractivity contribution is 6.12. The van der Waals surface area contributed by atoms with Crippen molar-refractivity contribution >= 4 is 11.4 Å². The van der Waals surface area contributed by atoms with Gasteiger partial charge in [-0.2, -0.15) is 0 Å². The summed E-state index contributed by atoms with van der Waals surface area (Å²) in [5.41, 5.74) is 7.95. The minimum absolute atomic E-state index is 0.181. The van der Waals surface area contributed by atoms with E-state index in [0.717, 1.165) is 46.6 Å². The van der Waals surface area contributed by atoms with Gasteiger partial charge in [-0.15, -0.1) is 0 Å². The smallest absolute Gasteiger partial charge is 0.168 e. The lowest BCUT2D eigenvalue weighted by Crippen LogP contribution is -2.28. The number of fused-ring (bicyclic) bond motifs is 4. The van der Waals surface area contributed by atoms with Crippen LogP contribution in [0.15, 0.2) is 53.8 Å². The SMILES string of the molecule is Cc1ccc(C2=C3C(=O)CC(C)(C)C=C3Oc3ccc4c(c32)CCCC4)cc1. The third-order valence-corrected chi connectivity index (χ3v) is 6.22. The van der Waals surface area contributed by atoms with Gasteiger partial charge in [0.1, 0.15) is 11.5 Å². The predicted molar refractivity (Wildman–Crippen MR) is 112 cm³/mol. The Morgan fingerprint density at radius 1 is 0.929 bits per heavy atom. The molecule has 0 unspecified atom stereocenters. The fourth-order valence-corrected chi connectivity index (χ4v) is 4.88. The van der Waals surface area contributed by atoms with Crippen LogP contribution in [-0.4, -0.2) is 5.78 Å². The normalized spacial score (nSPS) is 20.0. The van der Waals surface area contributed by atoms with Crippen LogP contribution in [0.1, 0.15) is 60.9 Å². The second-order valence-corrected chi connectivity index (χ2v) is 9.10. The van der Waals surface area contributed by atoms with E-state index in [9.17, 15) is 4.79 Å². The van der Waals surface area contributed by atoms with Crippen LogP contribution in [0.4, 0.5) is 0 Å². The Labute approximate surface area is 166 Å². The highest BCUT2D eigenvalue weighted by Gasteiger charge is 2.38. The maximum atomic E-state index is 13.3. The van der Waals surface area contributed by atoms with E-state index in [1.807, 2.05) is 0 Å². The minimum atomic E-state index is -0.181. The summed E-state index contributed by atoms with van der Waals surface area (Å²) < 4.78 is 6.37. The van der Waals surface area contributed by atoms with E-state index in [4.69, 9.17) is 4.74 Å². The van der Waals surface area contributed by atoms with E-state index < -0.39 is 0 Å². The molecule has 2 heteroatoms. The molecular weight excluding hydrogens is 344 g/mol. The first-order valence-electron chi connectivity index (χ1n) is 10.3. The molecule has 5 rings (SSSR count). The molecule has 2 aromatic rings. The molecule has 2 aromatic carbocycles. The van der Waals surface area contributed by atoms with Crippen molar-refractivity contribution in [3.05, 3.63) is 81.6 Å². The number of ketones is 1. The number of carbonyl (C=O) groups is 1. The third-order valence-electron chi connectivity index (χ3n) is 6.22. The number of allylic oxidation sites excluding steroid dienone is 2. The van der Waals surface area contributed by atoms with Crippen LogP contribution < -0.4 is 4.74 Å². The molecule has 0 aromatic heterocycles. The van der Waals surface area contributed by atoms with Crippen molar-refractivity contribution in [2.45, 2.75) is 52.9 Å². The number of hydrogen-bond acceptors (Lipinski definition) is 2. The molecule has 3 aliphatic rings. The summed E-state index contributed by atoms with van der Waals surface area (Å²) in [5, 5.41) is 0. The van der Waals surface area contributed by atoms with Crippen LogP contribution in [0.25, 0.3) is 5.57 Å². The number of Topliss-reactive ketones (excluding diaryl/α,β-unsaturated/α-hetero) is 1. The molecule has 0 saturated carbocycles. The van der Waals surface area contributed by atoms with Gasteiger partial charge >= 0.3 is 0 Å². The molecule has 1 heterocycles. The third kappa shape index (κ3) is 2.74. The van der Waals surface area contributed by atoms with Gasteiger partial charge in [0.15, 0.2) is 5.78 Å². The van der Waals surface area contributed by atoms with Crippen LogP contribution >= 0.6 is 0 Å². The Kier molecular flexibility index (Phi) is 3.87. The second kappa shape index (κ2) is 6.20. The van der Waals surface area contributed by atoms with Crippen LogP contribution in [0, 0.1) is 12.3 Å². The average molecular weight is 370 g/mol. The molecule has 1 aliphatic heterocycles. The van der Waals surface area contributed by atoms with E-state index in [2.05, 4.69) is 63.2 Å². The maximum Gasteiger partial charge on any atom is 0.168 e. The monoisotopic (exact) mass is 370 g/mol. The zero-order valence-corrected chi connectivity index (χ0v) is 16.9. The Bertz CT molecular complexity index is 1050. The van der Waals surface area contributed by atoms with E-state index in [-0.39, 0.29) is 11.2 Å². The summed E-state index contributed by atoms with van der Waals surface area (Å²) >= 11 is 0. The van der Waals surface area contributed by atoms with Gasteiger partial charge in [0, 0.05) is 17.6 Å². The lowest BCUT2D eigenvalue weighted by Gasteiger charge is -2.35. The first-order chi connectivity index (χ1) is 13.4. The number of rotatable bonds is 1. The van der Waals surface area contributed by atoms with Gasteiger partial charge in [0.25, 0.3) is 0 Å². The molecule has 0 amide bonds. The van der Waals surface area contributed by atoms with Crippen molar-refractivity contribution in [3.63, 3.8) is 0 Å². The molecule has 0 bridgehead atoms. The van der Waals surface area contributed by atoms with Crippen molar-refractivity contribution in [1.29, 1.82) is 0 Å². The summed E-state index contributed by atoms with van der Waals surface area (Å²) in [7, 11) is 0. The highest BCUT2D eigenvalue weighted by Crippen LogP contribution is 2.49. The van der Waals surface area contributed by atoms with Crippen molar-refractivity contribution in [2.24, 2.45) is 5.41 Å². The minimum Gasteiger partial charge on any atom is -0.456 e. The second-order valence-electron chi connectivity index (χ2n) is 9.10. The number of ether oxygens (including phenoxy) is 1. The molecule has 142 valence electrons. The molecule has 0 N–H and O–H groups in total. The molecule has 2 nitrogen and oxygen atoms in total. The number of aryl methyl sites for hydroxylation is 2. The topological polar surface area (TPSA) is 26.3 Å². The zero-order valence-electron chi connectivity index (χ0n) is 16.9. The van der Waals surface area contributed by atoms with Gasteiger partial charge in [-0.3, -0.25) is 4.79 Å². The first-order valence-corrected chi connectivity index (χ1v) is 10.3. The molecule has 0 fully saturated rings. The maximum absolute atomic E-state index is 13.3. The van der Waals surface area contributed by atoms with Gasteiger partial charge in [0.05, 0.1) is 5.57 Å². The van der Waals surface area contributed by atoms with E-state index in [1.54, 1.807) is 0 Å². The Morgan fingerprint density at radius 3 is 2.46 bits per heavy atom. The highest BCUT2D eigenvalue weighted by atomic mass is 16.5. The van der Waals surface area contributed by atoms with E-state index in [0.29, 0.717) is 6.42 Å². The molecule has 28 heavy (non-hydrogen) atoms. The van der Waals surface area contributed by atoms with Crippen LogP contribution in [0.2, 0.25) is 0 Å². The summed E-state index contributed by atoms with van der Waals surface area (Å²) in [6.07, 6.45) is 7.27. The lowest BCUT2D eigenvalue weighted by molar-refractivity contribution is -0.117. The molecule has 2 aliphatic carbocycles. The van der Waals surface area contributed by atoms with Gasteiger partial charge in [-0.25, -0.2) is 0 Å². The molecule has 0 atom stereocenters. The number of benzene rings is 2. The van der Waals surface area contributed by atoms with Crippen LogP contribution in [-0.2, 0) is 17.6 Å². The largest absolute Gasteiger partial charge is 0.456 e. The van der Waals surface area contributed by atoms with Gasteiger partial charge < -0.3 is 4.74 Å². The van der Waals surface area contributed by atoms with Crippen molar-refractivity contribution < 1.29 is 9.53 Å². The molecule has 0 spiro atoms. The quantitative estimate of drug-likeness (QED) is 0.620. The lowest BCUT2D eigenvalue weighted by atomic mass is 9.74. The molecule has 0 saturated heterocycles. The summed E-state index contributed by atoms with van der Waals surface area (Å²) in [4.78, 5) is 13.3. The van der Waals surface area contributed by atoms with Crippen LogP contribution in [0.5, 0.6) is 5.75 Å². The summed E-state index contributed by atoms with van der Waals surface area (Å²) in [6.45, 7) is 6.30. The van der Waals surface area contributed by atoms with Crippen molar-refractivity contribution in [2.75, 3.05) is 0 Å². The average Bonchev–Trinajstić information content (AvgIpc) is 2.66.